The second-order valence-electron chi connectivity index (χ2n) is 2.54. The molecule has 2 nitrogen and oxygen atoms in total. The van der Waals surface area contributed by atoms with Gasteiger partial charge < -0.3 is 5.32 Å². The molecule has 0 amide bonds. The zero-order valence-electron chi connectivity index (χ0n) is 8.00. The summed E-state index contributed by atoms with van der Waals surface area (Å²) in [5.41, 5.74) is 0. The first kappa shape index (κ1) is 12.7. The summed E-state index contributed by atoms with van der Waals surface area (Å²) in [5.74, 6) is 0.229. The maximum absolute atomic E-state index is 11.2. The molecule has 13 heavy (non-hydrogen) atoms. The Labute approximate surface area is 89.2 Å². The van der Waals surface area contributed by atoms with Gasteiger partial charge in [0.2, 0.25) is 0 Å². The predicted molar refractivity (Wildman–Crippen MR) is 63.1 cm³/mol. The van der Waals surface area contributed by atoms with Crippen LogP contribution in [0.5, 0.6) is 0 Å². The quantitative estimate of drug-likeness (QED) is 0.564. The molecular weight excluding hydrogens is 202 g/mol. The Balaban J connectivity index is 3.77. The Hall–Kier alpha value is -0.350. The van der Waals surface area contributed by atoms with Crippen LogP contribution in [0.2, 0.25) is 0 Å². The van der Waals surface area contributed by atoms with E-state index in [0.717, 1.165) is 0 Å². The first-order valence-electron chi connectivity index (χ1n) is 4.19. The molecule has 4 heteroatoms. The molecule has 1 N–H and O–H groups in total. The highest BCUT2D eigenvalue weighted by atomic mass is 32.2. The Kier molecular flexibility index (Phi) is 6.90. The molecule has 0 aliphatic rings. The van der Waals surface area contributed by atoms with E-state index in [1.54, 1.807) is 6.08 Å². The lowest BCUT2D eigenvalue weighted by molar-refractivity contribution is -0.117. The summed E-state index contributed by atoms with van der Waals surface area (Å²) in [6, 6.07) is 0. The van der Waals surface area contributed by atoms with Gasteiger partial charge in [0, 0.05) is 13.0 Å². The van der Waals surface area contributed by atoms with Crippen LogP contribution in [0.1, 0.15) is 20.3 Å². The molecule has 0 bridgehead atoms. The highest BCUT2D eigenvalue weighted by molar-refractivity contribution is 8.23. The number of nitrogens with one attached hydrogen (secondary N) is 1. The molecule has 0 spiro atoms. The molecule has 0 rings (SSSR count). The second-order valence-corrected chi connectivity index (χ2v) is 4.55. The average Bonchev–Trinajstić information content (AvgIpc) is 2.13. The minimum Gasteiger partial charge on any atom is -0.368 e. The van der Waals surface area contributed by atoms with E-state index in [-0.39, 0.29) is 11.0 Å². The summed E-state index contributed by atoms with van der Waals surface area (Å²) < 4.78 is 0.661. The van der Waals surface area contributed by atoms with Gasteiger partial charge in [-0.3, -0.25) is 4.79 Å². The van der Waals surface area contributed by atoms with E-state index in [9.17, 15) is 4.79 Å². The van der Waals surface area contributed by atoms with Gasteiger partial charge in [0.05, 0.1) is 5.25 Å². The van der Waals surface area contributed by atoms with Crippen molar-refractivity contribution >= 4 is 34.1 Å². The lowest BCUT2D eigenvalue weighted by atomic mass is 10.2. The molecule has 74 valence electrons. The summed E-state index contributed by atoms with van der Waals surface area (Å²) in [6.07, 6.45) is 2.30. The predicted octanol–water partition coefficient (Wildman–Crippen LogP) is 2.15. The van der Waals surface area contributed by atoms with Crippen LogP contribution < -0.4 is 5.32 Å². The van der Waals surface area contributed by atoms with Crippen LogP contribution in [0.25, 0.3) is 0 Å². The third-order valence-electron chi connectivity index (χ3n) is 1.48. The number of thioether (sulfide) groups is 1. The minimum absolute atomic E-state index is 0.0465. The van der Waals surface area contributed by atoms with E-state index in [4.69, 9.17) is 12.2 Å². The van der Waals surface area contributed by atoms with Gasteiger partial charge in [-0.1, -0.05) is 37.0 Å². The van der Waals surface area contributed by atoms with Crippen LogP contribution in [0, 0.1) is 0 Å². The van der Waals surface area contributed by atoms with Gasteiger partial charge in [-0.05, 0) is 6.92 Å². The summed E-state index contributed by atoms with van der Waals surface area (Å²) in [6.45, 7) is 7.95. The van der Waals surface area contributed by atoms with Gasteiger partial charge in [0.1, 0.15) is 10.1 Å². The third kappa shape index (κ3) is 5.82. The van der Waals surface area contributed by atoms with Crippen LogP contribution in [0.4, 0.5) is 0 Å². The van der Waals surface area contributed by atoms with Crippen LogP contribution in [-0.2, 0) is 4.79 Å². The fraction of sp³-hybridized carbons (Fsp3) is 0.556. The van der Waals surface area contributed by atoms with Crippen LogP contribution in [0.15, 0.2) is 12.7 Å². The average molecular weight is 217 g/mol. The van der Waals surface area contributed by atoms with Gasteiger partial charge in [0.25, 0.3) is 0 Å². The van der Waals surface area contributed by atoms with Gasteiger partial charge in [-0.15, -0.1) is 6.58 Å². The van der Waals surface area contributed by atoms with Crippen molar-refractivity contribution < 1.29 is 4.79 Å². The van der Waals surface area contributed by atoms with E-state index in [2.05, 4.69) is 11.9 Å². The number of carbonyl (C=O) groups is 1. The van der Waals surface area contributed by atoms with Crippen molar-refractivity contribution in [3.05, 3.63) is 12.7 Å². The molecule has 0 aromatic carbocycles. The molecule has 0 aliphatic heterocycles. The Morgan fingerprint density at radius 1 is 1.77 bits per heavy atom. The highest BCUT2D eigenvalue weighted by Gasteiger charge is 2.12. The van der Waals surface area contributed by atoms with E-state index in [1.807, 2.05) is 13.8 Å². The maximum atomic E-state index is 11.2. The number of ketones is 1. The summed E-state index contributed by atoms with van der Waals surface area (Å²) in [4.78, 5) is 11.2. The monoisotopic (exact) mass is 217 g/mol. The Morgan fingerprint density at radius 2 is 2.38 bits per heavy atom. The molecule has 0 saturated carbocycles. The van der Waals surface area contributed by atoms with Crippen molar-refractivity contribution in [1.29, 1.82) is 0 Å². The molecule has 0 radical (unpaired) electrons. The molecule has 0 aromatic heterocycles. The molecule has 1 atom stereocenters. The molecule has 0 saturated heterocycles. The van der Waals surface area contributed by atoms with Crippen LogP contribution in [0.3, 0.4) is 0 Å². The smallest absolute Gasteiger partial charge is 0.145 e. The number of hydrogen-bond donors (Lipinski definition) is 1. The normalized spacial score (nSPS) is 11.8. The lowest BCUT2D eigenvalue weighted by Crippen LogP contribution is -2.23. The van der Waals surface area contributed by atoms with E-state index < -0.39 is 0 Å². The Bertz CT molecular complexity index is 204. The molecule has 0 aliphatic carbocycles. The summed E-state index contributed by atoms with van der Waals surface area (Å²) in [7, 11) is 0. The van der Waals surface area contributed by atoms with E-state index >= 15 is 0 Å². The van der Waals surface area contributed by atoms with Gasteiger partial charge in [-0.25, -0.2) is 0 Å². The highest BCUT2D eigenvalue weighted by Crippen LogP contribution is 2.13. The molecule has 0 unspecified atom stereocenters. The van der Waals surface area contributed by atoms with Crippen molar-refractivity contribution in [1.82, 2.24) is 5.32 Å². The SMILES string of the molecule is C=CCNC(=S)S[C@@H](C)C(=O)CC. The van der Waals surface area contributed by atoms with Crippen molar-refractivity contribution in [3.8, 4) is 0 Å². The summed E-state index contributed by atoms with van der Waals surface area (Å²) >= 11 is 6.41. The number of hydrogen-bond acceptors (Lipinski definition) is 3. The maximum Gasteiger partial charge on any atom is 0.145 e. The number of thiocarbonyl (C=S) groups is 1. The topological polar surface area (TPSA) is 29.1 Å². The largest absolute Gasteiger partial charge is 0.368 e. The lowest BCUT2D eigenvalue weighted by Gasteiger charge is -2.10. The third-order valence-corrected chi connectivity index (χ3v) is 2.88. The molecular formula is C9H15NOS2. The van der Waals surface area contributed by atoms with Crippen LogP contribution in [-0.4, -0.2) is 21.9 Å². The van der Waals surface area contributed by atoms with Gasteiger partial charge in [0.15, 0.2) is 0 Å². The van der Waals surface area contributed by atoms with Crippen molar-refractivity contribution in [3.63, 3.8) is 0 Å². The van der Waals surface area contributed by atoms with E-state index in [1.165, 1.54) is 11.8 Å². The fourth-order valence-corrected chi connectivity index (χ4v) is 2.01. The zero-order valence-corrected chi connectivity index (χ0v) is 9.63. The first-order valence-corrected chi connectivity index (χ1v) is 5.48. The number of carbonyl (C=O) groups excluding carboxylic acids is 1. The standard InChI is InChI=1S/C9H15NOS2/c1-4-6-10-9(12)13-7(3)8(11)5-2/h4,7H,1,5-6H2,2-3H3,(H,10,12)/t7-/m0/s1. The van der Waals surface area contributed by atoms with Crippen LogP contribution >= 0.6 is 24.0 Å². The van der Waals surface area contributed by atoms with E-state index in [0.29, 0.717) is 17.3 Å². The molecule has 0 fully saturated rings. The van der Waals surface area contributed by atoms with Gasteiger partial charge in [-0.2, -0.15) is 0 Å². The second kappa shape index (κ2) is 7.09. The number of Topliss-reactive ketones (excluding diaryl/α,β-unsaturated/α-hetero) is 1. The number of rotatable bonds is 5. The molecule has 0 heterocycles. The fourth-order valence-electron chi connectivity index (χ4n) is 0.711. The van der Waals surface area contributed by atoms with Crippen molar-refractivity contribution in [2.45, 2.75) is 25.5 Å². The Morgan fingerprint density at radius 3 is 2.85 bits per heavy atom. The minimum atomic E-state index is -0.0465. The first-order chi connectivity index (χ1) is 6.11. The summed E-state index contributed by atoms with van der Waals surface area (Å²) in [5, 5.41) is 2.92. The van der Waals surface area contributed by atoms with Gasteiger partial charge >= 0.3 is 0 Å². The van der Waals surface area contributed by atoms with Crippen molar-refractivity contribution in [2.24, 2.45) is 0 Å². The zero-order chi connectivity index (χ0) is 10.3. The van der Waals surface area contributed by atoms with Crippen molar-refractivity contribution in [2.75, 3.05) is 6.54 Å². The molecule has 0 aromatic rings.